The monoisotopic (exact) mass is 340 g/mol. The smallest absolute Gasteiger partial charge is 0.308 e. The first-order valence-electron chi connectivity index (χ1n) is 8.09. The normalized spacial score (nSPS) is 22.3. The molecule has 0 amide bonds. The summed E-state index contributed by atoms with van der Waals surface area (Å²) in [5.41, 5.74) is 0.587. The van der Waals surface area contributed by atoms with Gasteiger partial charge in [-0.15, -0.1) is 0 Å². The summed E-state index contributed by atoms with van der Waals surface area (Å²) in [7, 11) is -3.44. The average Bonchev–Trinajstić information content (AvgIpc) is 2.81. The maximum absolute atomic E-state index is 12.8. The van der Waals surface area contributed by atoms with E-state index in [0.29, 0.717) is 44.3 Å². The second-order valence-corrected chi connectivity index (χ2v) is 8.16. The third kappa shape index (κ3) is 4.32. The van der Waals surface area contributed by atoms with E-state index in [1.807, 2.05) is 0 Å². The first kappa shape index (κ1) is 17.9. The molecule has 0 spiro atoms. The molecule has 23 heavy (non-hydrogen) atoms. The molecule has 1 aliphatic carbocycles. The number of esters is 1. The molecule has 5 nitrogen and oxygen atoms in total. The number of ether oxygens (including phenoxy) is 1. The summed E-state index contributed by atoms with van der Waals surface area (Å²) < 4.78 is 30.7. The second-order valence-electron chi connectivity index (χ2n) is 5.93. The van der Waals surface area contributed by atoms with E-state index in [0.717, 1.165) is 0 Å². The van der Waals surface area contributed by atoms with E-state index in [-0.39, 0.29) is 23.4 Å². The largest absolute Gasteiger partial charge is 0.466 e. The number of carbonyl (C=O) groups is 1. The lowest BCUT2D eigenvalue weighted by Gasteiger charge is -2.16. The van der Waals surface area contributed by atoms with Crippen LogP contribution < -0.4 is 0 Å². The van der Waals surface area contributed by atoms with Gasteiger partial charge in [-0.25, -0.2) is 8.42 Å². The summed E-state index contributed by atoms with van der Waals surface area (Å²) in [6, 6.07) is 6.45. The summed E-state index contributed by atoms with van der Waals surface area (Å²) in [5.74, 6) is -0.410. The van der Waals surface area contributed by atoms with Crippen molar-refractivity contribution >= 4 is 15.8 Å². The van der Waals surface area contributed by atoms with Crippen molar-refractivity contribution in [3.05, 3.63) is 29.8 Å². The minimum absolute atomic E-state index is 0.182. The van der Waals surface area contributed by atoms with Gasteiger partial charge in [0.05, 0.1) is 29.3 Å². The van der Waals surface area contributed by atoms with Crippen LogP contribution in [-0.4, -0.2) is 31.4 Å². The van der Waals surface area contributed by atoms with Gasteiger partial charge in [-0.3, -0.25) is 4.79 Å². The number of carbonyl (C=O) groups excluding carboxylic acids is 1. The Morgan fingerprint density at radius 3 is 2.74 bits per heavy atom. The summed E-state index contributed by atoms with van der Waals surface area (Å²) in [6.45, 7) is 1.94. The predicted octanol–water partition coefficient (Wildman–Crippen LogP) is 2.46. The molecular weight excluding hydrogens is 316 g/mol. The predicted molar refractivity (Wildman–Crippen MR) is 86.5 cm³/mol. The van der Waals surface area contributed by atoms with Gasteiger partial charge in [-0.05, 0) is 50.3 Å². The number of aliphatic hydroxyl groups is 1. The van der Waals surface area contributed by atoms with Crippen LogP contribution in [0.1, 0.15) is 44.6 Å². The molecule has 6 heteroatoms. The highest BCUT2D eigenvalue weighted by atomic mass is 32.2. The molecule has 1 aromatic rings. The molecule has 0 aromatic heterocycles. The van der Waals surface area contributed by atoms with Crippen molar-refractivity contribution in [1.29, 1.82) is 0 Å². The van der Waals surface area contributed by atoms with Gasteiger partial charge >= 0.3 is 5.97 Å². The molecule has 0 heterocycles. The first-order chi connectivity index (χ1) is 11.0. The van der Waals surface area contributed by atoms with Crippen molar-refractivity contribution in [2.75, 3.05) is 6.61 Å². The van der Waals surface area contributed by atoms with E-state index in [4.69, 9.17) is 4.74 Å². The molecule has 128 valence electrons. The number of benzene rings is 1. The molecule has 1 aliphatic rings. The zero-order valence-electron chi connectivity index (χ0n) is 13.4. The Hall–Kier alpha value is -1.40. The third-order valence-corrected chi connectivity index (χ3v) is 6.64. The van der Waals surface area contributed by atoms with Crippen molar-refractivity contribution in [2.24, 2.45) is 5.92 Å². The topological polar surface area (TPSA) is 80.7 Å². The highest BCUT2D eigenvalue weighted by molar-refractivity contribution is 7.92. The van der Waals surface area contributed by atoms with Crippen LogP contribution in [0.2, 0.25) is 0 Å². The number of sulfone groups is 1. The molecule has 2 atom stereocenters. The minimum atomic E-state index is -3.44. The van der Waals surface area contributed by atoms with Crippen LogP contribution in [0.25, 0.3) is 0 Å². The molecule has 2 rings (SSSR count). The molecule has 0 radical (unpaired) electrons. The summed E-state index contributed by atoms with van der Waals surface area (Å²) in [6.07, 6.45) is 2.95. The van der Waals surface area contributed by atoms with Crippen LogP contribution in [0.4, 0.5) is 0 Å². The molecule has 1 saturated carbocycles. The molecule has 0 unspecified atom stereocenters. The fourth-order valence-electron chi connectivity index (χ4n) is 3.09. The summed E-state index contributed by atoms with van der Waals surface area (Å²) in [5, 5.41) is 8.71. The van der Waals surface area contributed by atoms with Crippen LogP contribution in [0.15, 0.2) is 29.2 Å². The van der Waals surface area contributed by atoms with Crippen LogP contribution in [0.3, 0.4) is 0 Å². The van der Waals surface area contributed by atoms with Gasteiger partial charge in [-0.2, -0.15) is 0 Å². The highest BCUT2D eigenvalue weighted by Crippen LogP contribution is 2.31. The van der Waals surface area contributed by atoms with Gasteiger partial charge < -0.3 is 9.84 Å². The fourth-order valence-corrected chi connectivity index (χ4v) is 4.98. The number of hydrogen-bond acceptors (Lipinski definition) is 5. The van der Waals surface area contributed by atoms with E-state index in [2.05, 4.69) is 0 Å². The Kier molecular flexibility index (Phi) is 6.18. The molecule has 1 aromatic carbocycles. The van der Waals surface area contributed by atoms with Crippen molar-refractivity contribution in [3.8, 4) is 0 Å². The van der Waals surface area contributed by atoms with E-state index in [9.17, 15) is 18.3 Å². The van der Waals surface area contributed by atoms with Gasteiger partial charge in [0, 0.05) is 0 Å². The Morgan fingerprint density at radius 1 is 1.26 bits per heavy atom. The Morgan fingerprint density at radius 2 is 2.04 bits per heavy atom. The average molecular weight is 340 g/mol. The Labute approximate surface area is 137 Å². The fraction of sp³-hybridized carbons (Fsp3) is 0.588. The molecule has 0 aliphatic heterocycles. The van der Waals surface area contributed by atoms with Crippen LogP contribution in [0.5, 0.6) is 0 Å². The van der Waals surface area contributed by atoms with Crippen molar-refractivity contribution in [2.45, 2.75) is 55.8 Å². The lowest BCUT2D eigenvalue weighted by molar-refractivity contribution is -0.148. The lowest BCUT2D eigenvalue weighted by atomic mass is 10.0. The number of rotatable bonds is 5. The maximum atomic E-state index is 12.8. The van der Waals surface area contributed by atoms with Gasteiger partial charge in [0.2, 0.25) is 0 Å². The van der Waals surface area contributed by atoms with E-state index in [1.165, 1.54) is 6.07 Å². The molecular formula is C17H24O5S. The zero-order valence-corrected chi connectivity index (χ0v) is 14.2. The molecule has 0 saturated heterocycles. The third-order valence-electron chi connectivity index (χ3n) is 4.38. The minimum Gasteiger partial charge on any atom is -0.466 e. The Bertz CT molecular complexity index is 638. The van der Waals surface area contributed by atoms with E-state index in [1.54, 1.807) is 25.1 Å². The number of hydrogen-bond donors (Lipinski definition) is 1. The SMILES string of the molecule is CCOC(=O)[C@H]1CCC[C@H](S(=O)(=O)c2cccc(CO)c2)CC1. The lowest BCUT2D eigenvalue weighted by Crippen LogP contribution is -2.22. The first-order valence-corrected chi connectivity index (χ1v) is 9.64. The molecule has 1 fully saturated rings. The zero-order chi connectivity index (χ0) is 16.9. The second kappa shape index (κ2) is 7.93. The standard InChI is InChI=1S/C17H24O5S/c1-2-22-17(19)14-6-4-7-15(10-9-14)23(20,21)16-8-3-5-13(11-16)12-18/h3,5,8,11,14-15,18H,2,4,6-7,9-10,12H2,1H3/t14-,15-/m0/s1. The van der Waals surface area contributed by atoms with E-state index >= 15 is 0 Å². The van der Waals surface area contributed by atoms with Crippen molar-refractivity contribution in [3.63, 3.8) is 0 Å². The highest BCUT2D eigenvalue weighted by Gasteiger charge is 2.32. The Balaban J connectivity index is 2.13. The van der Waals surface area contributed by atoms with E-state index < -0.39 is 15.1 Å². The van der Waals surface area contributed by atoms with Gasteiger partial charge in [-0.1, -0.05) is 18.6 Å². The van der Waals surface area contributed by atoms with Crippen LogP contribution >= 0.6 is 0 Å². The van der Waals surface area contributed by atoms with Gasteiger partial charge in [0.25, 0.3) is 0 Å². The van der Waals surface area contributed by atoms with Crippen LogP contribution in [-0.2, 0) is 26.0 Å². The quantitative estimate of drug-likeness (QED) is 0.658. The summed E-state index contributed by atoms with van der Waals surface area (Å²) >= 11 is 0. The molecule has 0 bridgehead atoms. The van der Waals surface area contributed by atoms with Gasteiger partial charge in [0.15, 0.2) is 9.84 Å². The van der Waals surface area contributed by atoms with Crippen molar-refractivity contribution in [1.82, 2.24) is 0 Å². The van der Waals surface area contributed by atoms with Crippen LogP contribution in [0, 0.1) is 5.92 Å². The van der Waals surface area contributed by atoms with Gasteiger partial charge in [0.1, 0.15) is 0 Å². The van der Waals surface area contributed by atoms with Crippen molar-refractivity contribution < 1.29 is 23.1 Å². The maximum Gasteiger partial charge on any atom is 0.308 e. The molecule has 1 N–H and O–H groups in total. The number of aliphatic hydroxyl groups excluding tert-OH is 1. The summed E-state index contributed by atoms with van der Waals surface area (Å²) in [4.78, 5) is 12.1.